The number of hydrogen-bond donors (Lipinski definition) is 4. The van der Waals surface area contributed by atoms with Gasteiger partial charge in [0.2, 0.25) is 5.91 Å². The van der Waals surface area contributed by atoms with E-state index in [0.29, 0.717) is 26.1 Å². The first kappa shape index (κ1) is 28.1. The highest BCUT2D eigenvalue weighted by atomic mass is 35.5. The average Bonchev–Trinajstić information content (AvgIpc) is 2.88. The number of halogens is 1. The summed E-state index contributed by atoms with van der Waals surface area (Å²) in [7, 11) is 3.92. The summed E-state index contributed by atoms with van der Waals surface area (Å²) < 4.78 is 0. The Kier molecular flexibility index (Phi) is 9.65. The molecule has 12 heteroatoms. The first-order chi connectivity index (χ1) is 17.6. The lowest BCUT2D eigenvalue weighted by Gasteiger charge is -2.41. The van der Waals surface area contributed by atoms with Crippen molar-refractivity contribution in [1.29, 1.82) is 0 Å². The van der Waals surface area contributed by atoms with Crippen molar-refractivity contribution in [3.05, 3.63) is 46.7 Å². The number of nitrogen functional groups attached to an aromatic ring is 2. The van der Waals surface area contributed by atoms with Crippen molar-refractivity contribution in [1.82, 2.24) is 25.1 Å². The number of rotatable bonds is 9. The third kappa shape index (κ3) is 8.02. The Bertz CT molecular complexity index is 1120. The minimum Gasteiger partial charge on any atom is -0.382 e. The second kappa shape index (κ2) is 12.7. The van der Waals surface area contributed by atoms with Gasteiger partial charge in [-0.25, -0.2) is 9.97 Å². The van der Waals surface area contributed by atoms with Crippen LogP contribution in [0.25, 0.3) is 0 Å². The van der Waals surface area contributed by atoms with Crippen molar-refractivity contribution in [3.63, 3.8) is 0 Å². The first-order valence-electron chi connectivity index (χ1n) is 12.2. The van der Waals surface area contributed by atoms with E-state index in [2.05, 4.69) is 32.4 Å². The van der Waals surface area contributed by atoms with E-state index in [0.717, 1.165) is 32.2 Å². The molecular weight excluding hydrogens is 494 g/mol. The van der Waals surface area contributed by atoms with Crippen LogP contribution < -0.4 is 22.5 Å². The molecule has 0 unspecified atom stereocenters. The Labute approximate surface area is 222 Å². The summed E-state index contributed by atoms with van der Waals surface area (Å²) in [5, 5.41) is 2.38. The molecule has 1 aromatic heterocycles. The number of aliphatic imine (C=N–C) groups is 1. The molecule has 2 amide bonds. The highest BCUT2D eigenvalue weighted by molar-refractivity contribution is 6.31. The minimum absolute atomic E-state index is 0.0530. The fourth-order valence-corrected chi connectivity index (χ4v) is 4.45. The van der Waals surface area contributed by atoms with Crippen LogP contribution in [-0.2, 0) is 11.2 Å². The van der Waals surface area contributed by atoms with E-state index in [1.165, 1.54) is 5.56 Å². The van der Waals surface area contributed by atoms with Gasteiger partial charge in [0, 0.05) is 32.6 Å². The van der Waals surface area contributed by atoms with Gasteiger partial charge in [-0.15, -0.1) is 0 Å². The number of nitrogens with two attached hydrogens (primary N) is 3. The monoisotopic (exact) mass is 529 g/mol. The number of carbonyl (C=O) groups is 2. The Morgan fingerprint density at radius 1 is 1.14 bits per heavy atom. The van der Waals surface area contributed by atoms with Gasteiger partial charge < -0.3 is 27.0 Å². The van der Waals surface area contributed by atoms with Crippen LogP contribution in [0.5, 0.6) is 0 Å². The minimum atomic E-state index is -0.673. The quantitative estimate of drug-likeness (QED) is 0.280. The predicted molar refractivity (Wildman–Crippen MR) is 146 cm³/mol. The fourth-order valence-electron chi connectivity index (χ4n) is 4.33. The molecule has 0 aliphatic carbocycles. The molecule has 0 spiro atoms. The van der Waals surface area contributed by atoms with Crippen LogP contribution in [0.4, 0.5) is 11.6 Å². The molecule has 1 aromatic carbocycles. The van der Waals surface area contributed by atoms with E-state index in [1.54, 1.807) is 0 Å². The molecule has 11 nitrogen and oxygen atoms in total. The van der Waals surface area contributed by atoms with Gasteiger partial charge in [-0.3, -0.25) is 19.9 Å². The number of nitrogens with zero attached hydrogens (tertiary/aromatic N) is 5. The van der Waals surface area contributed by atoms with Crippen molar-refractivity contribution in [2.75, 3.05) is 51.7 Å². The molecule has 37 heavy (non-hydrogen) atoms. The molecule has 0 atom stereocenters. The molecule has 0 bridgehead atoms. The molecule has 7 N–H and O–H groups in total. The first-order valence-corrected chi connectivity index (χ1v) is 12.6. The second-order valence-electron chi connectivity index (χ2n) is 9.71. The Morgan fingerprint density at radius 2 is 1.81 bits per heavy atom. The molecule has 1 fully saturated rings. The molecule has 2 aromatic rings. The van der Waals surface area contributed by atoms with Gasteiger partial charge in [-0.1, -0.05) is 41.9 Å². The van der Waals surface area contributed by atoms with Gasteiger partial charge in [-0.2, -0.15) is 0 Å². The zero-order chi connectivity index (χ0) is 27.0. The largest absolute Gasteiger partial charge is 0.382 e. The van der Waals surface area contributed by atoms with E-state index in [4.69, 9.17) is 28.8 Å². The zero-order valence-corrected chi connectivity index (χ0v) is 22.2. The van der Waals surface area contributed by atoms with Crippen LogP contribution in [0.1, 0.15) is 41.7 Å². The summed E-state index contributed by atoms with van der Waals surface area (Å²) in [5.74, 6) is -0.779. The average molecular weight is 530 g/mol. The summed E-state index contributed by atoms with van der Waals surface area (Å²) in [6.07, 6.45) is 3.86. The number of nitrogens with one attached hydrogen (secondary N) is 1. The summed E-state index contributed by atoms with van der Waals surface area (Å²) in [6, 6.07) is 10.3. The van der Waals surface area contributed by atoms with Crippen molar-refractivity contribution >= 4 is 41.0 Å². The number of hydrogen-bond acceptors (Lipinski definition) is 8. The molecule has 1 aliphatic rings. The number of anilines is 2. The Hall–Kier alpha value is -3.44. The van der Waals surface area contributed by atoms with Gasteiger partial charge >= 0.3 is 0 Å². The van der Waals surface area contributed by atoms with E-state index in [-0.39, 0.29) is 39.8 Å². The summed E-state index contributed by atoms with van der Waals surface area (Å²) in [4.78, 5) is 41.4. The van der Waals surface area contributed by atoms with Crippen LogP contribution in [0, 0.1) is 5.41 Å². The van der Waals surface area contributed by atoms with Gasteiger partial charge in [0.25, 0.3) is 5.91 Å². The molecular formula is C25H36ClN9O2. The summed E-state index contributed by atoms with van der Waals surface area (Å²) in [6.45, 7) is 2.47. The zero-order valence-electron chi connectivity index (χ0n) is 21.4. The van der Waals surface area contributed by atoms with Crippen LogP contribution in [0.15, 0.2) is 35.3 Å². The number of aromatic nitrogens is 2. The number of carbonyl (C=O) groups excluding carboxylic acids is 2. The van der Waals surface area contributed by atoms with E-state index >= 15 is 0 Å². The summed E-state index contributed by atoms with van der Waals surface area (Å²) >= 11 is 5.88. The molecule has 200 valence electrons. The van der Waals surface area contributed by atoms with Crippen LogP contribution in [0.3, 0.4) is 0 Å². The summed E-state index contributed by atoms with van der Waals surface area (Å²) in [5.41, 5.74) is 18.3. The second-order valence-corrected chi connectivity index (χ2v) is 10.1. The van der Waals surface area contributed by atoms with E-state index in [1.807, 2.05) is 42.1 Å². The maximum atomic E-state index is 12.7. The van der Waals surface area contributed by atoms with Crippen molar-refractivity contribution in [3.8, 4) is 0 Å². The maximum absolute atomic E-state index is 12.7. The SMILES string of the molecule is CN(C)CCC(=O)N1CCC(CCc2ccccc2)(CN=C(N)NC(=O)c2nc(Cl)c(N)nc2N)CC1. The van der Waals surface area contributed by atoms with Crippen LogP contribution in [-0.4, -0.2) is 77.8 Å². The number of piperidine rings is 1. The smallest absolute Gasteiger partial charge is 0.280 e. The number of likely N-dealkylation sites (tertiary alicyclic amines) is 1. The number of aryl methyl sites for hydroxylation is 1. The lowest BCUT2D eigenvalue weighted by molar-refractivity contribution is -0.133. The van der Waals surface area contributed by atoms with Gasteiger partial charge in [0.1, 0.15) is 0 Å². The Morgan fingerprint density at radius 3 is 2.46 bits per heavy atom. The maximum Gasteiger partial charge on any atom is 0.280 e. The lowest BCUT2D eigenvalue weighted by atomic mass is 9.74. The molecule has 1 saturated heterocycles. The van der Waals surface area contributed by atoms with Crippen LogP contribution in [0.2, 0.25) is 5.15 Å². The number of guanidine groups is 1. The number of benzene rings is 1. The highest BCUT2D eigenvalue weighted by Gasteiger charge is 2.35. The third-order valence-electron chi connectivity index (χ3n) is 6.68. The van der Waals surface area contributed by atoms with Crippen molar-refractivity contribution in [2.24, 2.45) is 16.1 Å². The van der Waals surface area contributed by atoms with E-state index in [9.17, 15) is 9.59 Å². The molecule has 3 rings (SSSR count). The van der Waals surface area contributed by atoms with Gasteiger partial charge in [-0.05, 0) is 50.8 Å². The molecule has 2 heterocycles. The van der Waals surface area contributed by atoms with Crippen molar-refractivity contribution < 1.29 is 9.59 Å². The topological polar surface area (TPSA) is 169 Å². The third-order valence-corrected chi connectivity index (χ3v) is 6.96. The standard InChI is InChI=1S/C25H36ClN9O2/c1-34(2)13-9-18(36)35-14-11-25(12-15-35,10-8-17-6-4-3-5-7-17)16-30-24(29)33-23(37)19-21(27)32-22(28)20(26)31-19/h3-7H,8-16H2,1-2H3,(H4,27,28,32)(H3,29,30,33,37). The van der Waals surface area contributed by atoms with Gasteiger partial charge in [0.15, 0.2) is 28.4 Å². The molecule has 0 saturated carbocycles. The number of amides is 2. The van der Waals surface area contributed by atoms with E-state index < -0.39 is 5.91 Å². The van der Waals surface area contributed by atoms with Crippen LogP contribution >= 0.6 is 11.6 Å². The molecule has 0 radical (unpaired) electrons. The Balaban J connectivity index is 1.68. The highest BCUT2D eigenvalue weighted by Crippen LogP contribution is 2.37. The molecule has 1 aliphatic heterocycles. The predicted octanol–water partition coefficient (Wildman–Crippen LogP) is 1.53. The lowest BCUT2D eigenvalue weighted by Crippen LogP contribution is -2.46. The fraction of sp³-hybridized carbons (Fsp3) is 0.480. The van der Waals surface area contributed by atoms with Crippen molar-refractivity contribution in [2.45, 2.75) is 32.1 Å². The van der Waals surface area contributed by atoms with Gasteiger partial charge in [0.05, 0.1) is 0 Å². The normalized spacial score (nSPS) is 15.6.